The van der Waals surface area contributed by atoms with Crippen molar-refractivity contribution in [2.75, 3.05) is 11.5 Å². The molecule has 0 saturated carbocycles. The zero-order valence-corrected chi connectivity index (χ0v) is 14.4. The van der Waals surface area contributed by atoms with Crippen molar-refractivity contribution in [3.05, 3.63) is 59.9 Å². The number of thioether (sulfide) groups is 1. The number of nitrogens with zero attached hydrogens (tertiary/aromatic N) is 2. The van der Waals surface area contributed by atoms with E-state index in [0.29, 0.717) is 10.8 Å². The molecule has 0 bridgehead atoms. The van der Waals surface area contributed by atoms with Crippen molar-refractivity contribution in [3.8, 4) is 0 Å². The van der Waals surface area contributed by atoms with Gasteiger partial charge >= 0.3 is 0 Å². The average Bonchev–Trinajstić information content (AvgIpc) is 2.55. The van der Waals surface area contributed by atoms with Crippen molar-refractivity contribution in [2.45, 2.75) is 9.92 Å². The van der Waals surface area contributed by atoms with E-state index in [2.05, 4.69) is 9.97 Å². The summed E-state index contributed by atoms with van der Waals surface area (Å²) in [5.74, 6) is 0.462. The van der Waals surface area contributed by atoms with Crippen LogP contribution in [0.15, 0.2) is 64.8 Å². The van der Waals surface area contributed by atoms with Crippen molar-refractivity contribution >= 4 is 44.1 Å². The van der Waals surface area contributed by atoms with E-state index < -0.39 is 9.84 Å². The maximum Gasteiger partial charge on any atom is 0.179 e. The highest BCUT2D eigenvalue weighted by molar-refractivity contribution is 8.00. The second-order valence-electron chi connectivity index (χ2n) is 4.82. The first kappa shape index (κ1) is 16.2. The lowest BCUT2D eigenvalue weighted by Crippen LogP contribution is -2.08. The van der Waals surface area contributed by atoms with Crippen molar-refractivity contribution in [3.63, 3.8) is 0 Å². The van der Waals surface area contributed by atoms with Gasteiger partial charge in [-0.2, -0.15) is 0 Å². The number of halogens is 1. The van der Waals surface area contributed by atoms with Crippen LogP contribution in [-0.2, 0) is 9.84 Å². The van der Waals surface area contributed by atoms with E-state index in [1.807, 2.05) is 24.3 Å². The monoisotopic (exact) mass is 364 g/mol. The summed E-state index contributed by atoms with van der Waals surface area (Å²) in [6, 6.07) is 13.9. The number of hydrogen-bond acceptors (Lipinski definition) is 5. The van der Waals surface area contributed by atoms with Gasteiger partial charge in [0.05, 0.1) is 16.2 Å². The third kappa shape index (κ3) is 3.83. The predicted octanol–water partition coefficient (Wildman–Crippen LogP) is 3.85. The molecule has 23 heavy (non-hydrogen) atoms. The molecule has 0 N–H and O–H groups in total. The zero-order chi connectivity index (χ0) is 16.3. The molecular weight excluding hydrogens is 352 g/mol. The molecular formula is C16H13ClN2O2S2. The third-order valence-electron chi connectivity index (χ3n) is 3.27. The van der Waals surface area contributed by atoms with Gasteiger partial charge in [0, 0.05) is 16.2 Å². The Labute approximate surface area is 143 Å². The van der Waals surface area contributed by atoms with E-state index in [1.165, 1.54) is 30.2 Å². The van der Waals surface area contributed by atoms with Crippen LogP contribution in [0.25, 0.3) is 10.9 Å². The molecule has 0 amide bonds. The number of aromatic nitrogens is 2. The lowest BCUT2D eigenvalue weighted by atomic mass is 10.2. The van der Waals surface area contributed by atoms with Gasteiger partial charge in [-0.3, -0.25) is 0 Å². The average molecular weight is 365 g/mol. The molecule has 118 valence electrons. The number of hydrogen-bond donors (Lipinski definition) is 0. The maximum atomic E-state index is 12.3. The molecule has 0 spiro atoms. The summed E-state index contributed by atoms with van der Waals surface area (Å²) in [4.78, 5) is 8.74. The first-order chi connectivity index (χ1) is 11.1. The second kappa shape index (κ2) is 6.86. The highest BCUT2D eigenvalue weighted by atomic mass is 35.5. The highest BCUT2D eigenvalue weighted by Gasteiger charge is 2.15. The molecule has 3 rings (SSSR count). The minimum atomic E-state index is -3.32. The van der Waals surface area contributed by atoms with E-state index in [-0.39, 0.29) is 10.6 Å². The molecule has 0 fully saturated rings. The molecule has 0 aliphatic carbocycles. The van der Waals surface area contributed by atoms with Crippen LogP contribution in [0, 0.1) is 0 Å². The van der Waals surface area contributed by atoms with Crippen LogP contribution in [0.4, 0.5) is 0 Å². The standard InChI is InChI=1S/C16H13ClN2O2S2/c17-12-5-7-13(8-6-12)23(20,21)10-9-22-16-14-3-1-2-4-15(14)18-11-19-16/h1-8,11H,9-10H2. The Morgan fingerprint density at radius 2 is 1.74 bits per heavy atom. The van der Waals surface area contributed by atoms with Crippen LogP contribution in [-0.4, -0.2) is 29.9 Å². The van der Waals surface area contributed by atoms with Crippen molar-refractivity contribution in [1.29, 1.82) is 0 Å². The summed E-state index contributed by atoms with van der Waals surface area (Å²) in [6.45, 7) is 0. The first-order valence-electron chi connectivity index (χ1n) is 6.87. The minimum Gasteiger partial charge on any atom is -0.236 e. The summed E-state index contributed by atoms with van der Waals surface area (Å²) in [6.07, 6.45) is 1.50. The largest absolute Gasteiger partial charge is 0.236 e. The zero-order valence-electron chi connectivity index (χ0n) is 12.0. The fraction of sp³-hybridized carbons (Fsp3) is 0.125. The Bertz CT molecular complexity index is 923. The molecule has 3 aromatic rings. The Balaban J connectivity index is 1.72. The molecule has 2 aromatic carbocycles. The van der Waals surface area contributed by atoms with Crippen molar-refractivity contribution in [2.24, 2.45) is 0 Å². The van der Waals surface area contributed by atoms with Gasteiger partial charge in [-0.05, 0) is 30.3 Å². The minimum absolute atomic E-state index is 0.0393. The normalized spacial score (nSPS) is 11.7. The SMILES string of the molecule is O=S(=O)(CCSc1ncnc2ccccc12)c1ccc(Cl)cc1. The highest BCUT2D eigenvalue weighted by Crippen LogP contribution is 2.25. The Kier molecular flexibility index (Phi) is 4.84. The Hall–Kier alpha value is -1.63. The van der Waals surface area contributed by atoms with Crippen molar-refractivity contribution < 1.29 is 8.42 Å². The molecule has 0 radical (unpaired) electrons. The lowest BCUT2D eigenvalue weighted by molar-refractivity contribution is 0.597. The molecule has 7 heteroatoms. The third-order valence-corrected chi connectivity index (χ3v) is 6.52. The summed E-state index contributed by atoms with van der Waals surface area (Å²) in [5, 5.41) is 2.25. The van der Waals surface area contributed by atoms with Gasteiger partial charge in [-0.1, -0.05) is 29.8 Å². The van der Waals surface area contributed by atoms with Crippen LogP contribution in [0.3, 0.4) is 0 Å². The van der Waals surface area contributed by atoms with E-state index in [4.69, 9.17) is 11.6 Å². The number of sulfone groups is 1. The smallest absolute Gasteiger partial charge is 0.179 e. The molecule has 0 saturated heterocycles. The van der Waals surface area contributed by atoms with Gasteiger partial charge in [-0.15, -0.1) is 11.8 Å². The summed E-state index contributed by atoms with van der Waals surface area (Å²) in [7, 11) is -3.32. The second-order valence-corrected chi connectivity index (χ2v) is 8.45. The Morgan fingerprint density at radius 1 is 1.00 bits per heavy atom. The van der Waals surface area contributed by atoms with Gasteiger partial charge in [0.1, 0.15) is 11.4 Å². The fourth-order valence-electron chi connectivity index (χ4n) is 2.10. The Morgan fingerprint density at radius 3 is 2.52 bits per heavy atom. The van der Waals surface area contributed by atoms with Crippen LogP contribution in [0.1, 0.15) is 0 Å². The molecule has 1 heterocycles. The summed E-state index contributed by atoms with van der Waals surface area (Å²) < 4.78 is 24.6. The van der Waals surface area contributed by atoms with E-state index >= 15 is 0 Å². The number of fused-ring (bicyclic) bond motifs is 1. The van der Waals surface area contributed by atoms with Crippen LogP contribution < -0.4 is 0 Å². The summed E-state index contributed by atoms with van der Waals surface area (Å²) in [5.41, 5.74) is 0.852. The van der Waals surface area contributed by atoms with Gasteiger partial charge in [0.15, 0.2) is 9.84 Å². The molecule has 0 aliphatic heterocycles. The first-order valence-corrected chi connectivity index (χ1v) is 9.89. The van der Waals surface area contributed by atoms with Gasteiger partial charge in [-0.25, -0.2) is 18.4 Å². The topological polar surface area (TPSA) is 59.9 Å². The van der Waals surface area contributed by atoms with E-state index in [1.54, 1.807) is 12.1 Å². The molecule has 0 atom stereocenters. The van der Waals surface area contributed by atoms with Gasteiger partial charge in [0.25, 0.3) is 0 Å². The van der Waals surface area contributed by atoms with Crippen LogP contribution >= 0.6 is 23.4 Å². The van der Waals surface area contributed by atoms with Gasteiger partial charge < -0.3 is 0 Å². The quantitative estimate of drug-likeness (QED) is 0.508. The molecule has 0 aliphatic rings. The predicted molar refractivity (Wildman–Crippen MR) is 93.8 cm³/mol. The van der Waals surface area contributed by atoms with E-state index in [9.17, 15) is 8.42 Å². The van der Waals surface area contributed by atoms with Gasteiger partial charge in [0.2, 0.25) is 0 Å². The fourth-order valence-corrected chi connectivity index (χ4v) is 4.87. The molecule has 1 aromatic heterocycles. The summed E-state index contributed by atoms with van der Waals surface area (Å²) >= 11 is 7.21. The molecule has 0 unspecified atom stereocenters. The van der Waals surface area contributed by atoms with Crippen LogP contribution in [0.2, 0.25) is 5.02 Å². The van der Waals surface area contributed by atoms with Crippen molar-refractivity contribution in [1.82, 2.24) is 9.97 Å². The number of rotatable bonds is 5. The maximum absolute atomic E-state index is 12.3. The number of para-hydroxylation sites is 1. The molecule has 4 nitrogen and oxygen atoms in total. The van der Waals surface area contributed by atoms with E-state index in [0.717, 1.165) is 15.9 Å². The van der Waals surface area contributed by atoms with Crippen LogP contribution in [0.5, 0.6) is 0 Å². The lowest BCUT2D eigenvalue weighted by Gasteiger charge is -2.06. The number of benzene rings is 2.